The molecule has 130 valence electrons. The number of aryl methyl sites for hydroxylation is 1. The van der Waals surface area contributed by atoms with Crippen molar-refractivity contribution >= 4 is 49.8 Å². The van der Waals surface area contributed by atoms with E-state index < -0.39 is 15.9 Å². The summed E-state index contributed by atoms with van der Waals surface area (Å²) in [6.07, 6.45) is 1.07. The molecule has 0 radical (unpaired) electrons. The van der Waals surface area contributed by atoms with Crippen LogP contribution in [0.4, 0.5) is 11.4 Å². The van der Waals surface area contributed by atoms with Crippen molar-refractivity contribution in [2.75, 3.05) is 16.3 Å². The molecule has 0 aliphatic carbocycles. The summed E-state index contributed by atoms with van der Waals surface area (Å²) < 4.78 is 25.3. The van der Waals surface area contributed by atoms with Crippen molar-refractivity contribution in [2.45, 2.75) is 6.92 Å². The van der Waals surface area contributed by atoms with E-state index in [0.29, 0.717) is 16.4 Å². The minimum Gasteiger partial charge on any atom is -0.349 e. The number of sulfonamides is 1. The Labute approximate surface area is 150 Å². The number of fused-ring (bicyclic) bond motifs is 1. The molecule has 2 aromatic carbocycles. The molecular formula is C17H16ClN3O3S. The van der Waals surface area contributed by atoms with E-state index in [0.717, 1.165) is 22.7 Å². The number of rotatable bonds is 4. The highest BCUT2D eigenvalue weighted by molar-refractivity contribution is 7.92. The number of amides is 1. The molecule has 1 aromatic heterocycles. The molecule has 6 nitrogen and oxygen atoms in total. The van der Waals surface area contributed by atoms with Gasteiger partial charge in [-0.1, -0.05) is 35.9 Å². The van der Waals surface area contributed by atoms with E-state index in [9.17, 15) is 13.2 Å². The summed E-state index contributed by atoms with van der Waals surface area (Å²) in [5, 5.41) is 3.83. The van der Waals surface area contributed by atoms with Crippen LogP contribution in [-0.4, -0.2) is 25.6 Å². The lowest BCUT2D eigenvalue weighted by Gasteiger charge is -2.11. The Balaban J connectivity index is 1.90. The molecule has 3 rings (SSSR count). The molecule has 8 heteroatoms. The molecule has 0 bridgehead atoms. The highest BCUT2D eigenvalue weighted by Gasteiger charge is 2.17. The number of anilines is 2. The van der Waals surface area contributed by atoms with E-state index in [1.165, 1.54) is 0 Å². The standard InChI is InChI=1S/C17H16ClN3O3S/c1-10-7-8-11(9-14(10)21-25(2,23)24)19-17(22)16-15(18)12-5-3-4-6-13(12)20-16/h3-9,20-21H,1-2H3,(H,19,22). The average molecular weight is 378 g/mol. The maximum absolute atomic E-state index is 12.5. The number of halogens is 1. The van der Waals surface area contributed by atoms with Gasteiger partial charge in [0.1, 0.15) is 5.69 Å². The van der Waals surface area contributed by atoms with Crippen molar-refractivity contribution in [1.82, 2.24) is 4.98 Å². The van der Waals surface area contributed by atoms with Gasteiger partial charge in [0.2, 0.25) is 10.0 Å². The quantitative estimate of drug-likeness (QED) is 0.646. The number of aromatic nitrogens is 1. The lowest BCUT2D eigenvalue weighted by Crippen LogP contribution is -2.14. The average Bonchev–Trinajstić information content (AvgIpc) is 2.87. The van der Waals surface area contributed by atoms with Crippen molar-refractivity contribution in [3.8, 4) is 0 Å². The Hall–Kier alpha value is -2.51. The molecule has 0 saturated carbocycles. The van der Waals surface area contributed by atoms with Gasteiger partial charge in [0.15, 0.2) is 0 Å². The summed E-state index contributed by atoms with van der Waals surface area (Å²) in [5.74, 6) is -0.407. The van der Waals surface area contributed by atoms with Gasteiger partial charge in [0.25, 0.3) is 5.91 Å². The molecule has 0 saturated heterocycles. The number of carbonyl (C=O) groups is 1. The van der Waals surface area contributed by atoms with Crippen molar-refractivity contribution in [1.29, 1.82) is 0 Å². The molecule has 0 fully saturated rings. The monoisotopic (exact) mass is 377 g/mol. The van der Waals surface area contributed by atoms with Crippen LogP contribution in [0.3, 0.4) is 0 Å². The lowest BCUT2D eigenvalue weighted by molar-refractivity contribution is 0.102. The summed E-state index contributed by atoms with van der Waals surface area (Å²) >= 11 is 6.28. The SMILES string of the molecule is Cc1ccc(NC(=O)c2[nH]c3ccccc3c2Cl)cc1NS(C)(=O)=O. The summed E-state index contributed by atoms with van der Waals surface area (Å²) in [5.41, 5.74) is 2.62. The third-order valence-corrected chi connectivity index (χ3v) is 4.64. The van der Waals surface area contributed by atoms with E-state index in [1.54, 1.807) is 25.1 Å². The van der Waals surface area contributed by atoms with Gasteiger partial charge >= 0.3 is 0 Å². The zero-order valence-corrected chi connectivity index (χ0v) is 15.1. The van der Waals surface area contributed by atoms with Crippen LogP contribution < -0.4 is 10.0 Å². The molecule has 0 atom stereocenters. The number of benzene rings is 2. The zero-order valence-electron chi connectivity index (χ0n) is 13.6. The summed E-state index contributed by atoms with van der Waals surface area (Å²) in [7, 11) is -3.41. The van der Waals surface area contributed by atoms with Gasteiger partial charge in [0, 0.05) is 16.6 Å². The minimum absolute atomic E-state index is 0.251. The van der Waals surface area contributed by atoms with Gasteiger partial charge in [-0.25, -0.2) is 8.42 Å². The number of H-pyrrole nitrogens is 1. The van der Waals surface area contributed by atoms with Crippen LogP contribution >= 0.6 is 11.6 Å². The summed E-state index contributed by atoms with van der Waals surface area (Å²) in [6, 6.07) is 12.3. The van der Waals surface area contributed by atoms with Crippen LogP contribution in [-0.2, 0) is 10.0 Å². The first-order valence-electron chi connectivity index (χ1n) is 7.40. The third kappa shape index (κ3) is 3.78. The number of hydrogen-bond acceptors (Lipinski definition) is 3. The molecule has 0 spiro atoms. The first-order chi connectivity index (χ1) is 11.7. The fourth-order valence-electron chi connectivity index (χ4n) is 2.47. The predicted molar refractivity (Wildman–Crippen MR) is 101 cm³/mol. The Morgan fingerprint density at radius 2 is 1.88 bits per heavy atom. The Kier molecular flexibility index (Phi) is 4.45. The minimum atomic E-state index is -3.41. The topological polar surface area (TPSA) is 91.1 Å². The van der Waals surface area contributed by atoms with E-state index in [-0.39, 0.29) is 5.69 Å². The highest BCUT2D eigenvalue weighted by Crippen LogP contribution is 2.28. The van der Waals surface area contributed by atoms with Crippen molar-refractivity contribution in [3.05, 3.63) is 58.7 Å². The van der Waals surface area contributed by atoms with Crippen LogP contribution in [0.25, 0.3) is 10.9 Å². The maximum atomic E-state index is 12.5. The van der Waals surface area contributed by atoms with Gasteiger partial charge in [-0.05, 0) is 30.7 Å². The lowest BCUT2D eigenvalue weighted by atomic mass is 10.2. The van der Waals surface area contributed by atoms with Crippen LogP contribution in [0.5, 0.6) is 0 Å². The molecule has 1 amide bonds. The molecule has 0 aliphatic rings. The summed E-state index contributed by atoms with van der Waals surface area (Å²) in [4.78, 5) is 15.5. The molecule has 1 heterocycles. The summed E-state index contributed by atoms with van der Waals surface area (Å²) in [6.45, 7) is 1.77. The van der Waals surface area contributed by atoms with E-state index in [1.807, 2.05) is 24.3 Å². The van der Waals surface area contributed by atoms with Gasteiger partial charge in [-0.3, -0.25) is 9.52 Å². The van der Waals surface area contributed by atoms with Gasteiger partial charge in [0.05, 0.1) is 17.0 Å². The normalized spacial score (nSPS) is 11.5. The number of para-hydroxylation sites is 1. The van der Waals surface area contributed by atoms with E-state index in [2.05, 4.69) is 15.0 Å². The Morgan fingerprint density at radius 3 is 2.56 bits per heavy atom. The number of nitrogens with one attached hydrogen (secondary N) is 3. The largest absolute Gasteiger partial charge is 0.349 e. The second-order valence-corrected chi connectivity index (χ2v) is 7.84. The van der Waals surface area contributed by atoms with Gasteiger partial charge in [-0.2, -0.15) is 0 Å². The first kappa shape index (κ1) is 17.3. The van der Waals surface area contributed by atoms with Gasteiger partial charge in [-0.15, -0.1) is 0 Å². The number of hydrogen-bond donors (Lipinski definition) is 3. The number of aromatic amines is 1. The Bertz CT molecular complexity index is 1070. The van der Waals surface area contributed by atoms with E-state index in [4.69, 9.17) is 11.6 Å². The van der Waals surface area contributed by atoms with Crippen LogP contribution in [0.1, 0.15) is 16.1 Å². The first-order valence-corrected chi connectivity index (χ1v) is 9.67. The van der Waals surface area contributed by atoms with Crippen LogP contribution in [0, 0.1) is 6.92 Å². The fraction of sp³-hybridized carbons (Fsp3) is 0.118. The predicted octanol–water partition coefficient (Wildman–Crippen LogP) is 3.75. The second-order valence-electron chi connectivity index (χ2n) is 5.72. The van der Waals surface area contributed by atoms with Gasteiger partial charge < -0.3 is 10.3 Å². The smallest absolute Gasteiger partial charge is 0.273 e. The van der Waals surface area contributed by atoms with Crippen LogP contribution in [0.2, 0.25) is 5.02 Å². The molecule has 0 unspecified atom stereocenters. The van der Waals surface area contributed by atoms with Crippen molar-refractivity contribution in [3.63, 3.8) is 0 Å². The molecule has 0 aliphatic heterocycles. The highest BCUT2D eigenvalue weighted by atomic mass is 35.5. The fourth-order valence-corrected chi connectivity index (χ4v) is 3.38. The Morgan fingerprint density at radius 1 is 1.16 bits per heavy atom. The second kappa shape index (κ2) is 6.42. The molecule has 3 N–H and O–H groups in total. The zero-order chi connectivity index (χ0) is 18.2. The maximum Gasteiger partial charge on any atom is 0.273 e. The third-order valence-electron chi connectivity index (χ3n) is 3.66. The van der Waals surface area contributed by atoms with Crippen LogP contribution in [0.15, 0.2) is 42.5 Å². The van der Waals surface area contributed by atoms with Crippen molar-refractivity contribution in [2.24, 2.45) is 0 Å². The van der Waals surface area contributed by atoms with Crippen molar-refractivity contribution < 1.29 is 13.2 Å². The molecule has 3 aromatic rings. The van der Waals surface area contributed by atoms with E-state index >= 15 is 0 Å². The molecular weight excluding hydrogens is 362 g/mol. The molecule has 25 heavy (non-hydrogen) atoms. The number of carbonyl (C=O) groups excluding carboxylic acids is 1.